The predicted octanol–water partition coefficient (Wildman–Crippen LogP) is 0.795. The Morgan fingerprint density at radius 3 is 2.67 bits per heavy atom. The lowest BCUT2D eigenvalue weighted by molar-refractivity contribution is -0.192. The smallest absolute Gasteiger partial charge is 0.475 e. The lowest BCUT2D eigenvalue weighted by Crippen LogP contribution is -2.61. The third-order valence-corrected chi connectivity index (χ3v) is 4.87. The van der Waals surface area contributed by atoms with Crippen molar-refractivity contribution in [1.29, 1.82) is 0 Å². The van der Waals surface area contributed by atoms with E-state index in [-0.39, 0.29) is 24.7 Å². The highest BCUT2D eigenvalue weighted by molar-refractivity contribution is 5.77. The number of carbonyl (C=O) groups excluding carboxylic acids is 1. The normalized spacial score (nSPS) is 24.4. The largest absolute Gasteiger partial charge is 0.490 e. The van der Waals surface area contributed by atoms with E-state index >= 15 is 0 Å². The standard InChI is InChI=1S/C16H26N4O3.C2HF3O2/c1-19-7-12(6-17-19)8-20-9-13-4-3-5-23-16(13)14(10-20)18-15(21)11-22-2;3-2(4,5)1(6)7/h6-7,13-14,16H,3-5,8-11H2,1-2H3,(H,18,21);(H,6,7)/t13-,14+,16-;/m0./s1. The van der Waals surface area contributed by atoms with E-state index in [1.165, 1.54) is 12.7 Å². The third-order valence-electron chi connectivity index (χ3n) is 4.87. The summed E-state index contributed by atoms with van der Waals surface area (Å²) in [6.07, 6.45) is 1.24. The second-order valence-corrected chi connectivity index (χ2v) is 7.36. The Morgan fingerprint density at radius 2 is 2.10 bits per heavy atom. The molecule has 3 rings (SSSR count). The van der Waals surface area contributed by atoms with Crippen molar-refractivity contribution in [3.63, 3.8) is 0 Å². The summed E-state index contributed by atoms with van der Waals surface area (Å²) in [7, 11) is 3.47. The van der Waals surface area contributed by atoms with Crippen molar-refractivity contribution in [3.8, 4) is 0 Å². The number of aromatic nitrogens is 2. The van der Waals surface area contributed by atoms with Crippen LogP contribution < -0.4 is 5.32 Å². The number of likely N-dealkylation sites (tertiary alicyclic amines) is 1. The molecule has 3 atom stereocenters. The van der Waals surface area contributed by atoms with Crippen molar-refractivity contribution in [2.45, 2.75) is 37.7 Å². The Kier molecular flexibility index (Phi) is 8.62. The fourth-order valence-corrected chi connectivity index (χ4v) is 3.74. The third kappa shape index (κ3) is 7.26. The summed E-state index contributed by atoms with van der Waals surface area (Å²) in [6.45, 7) is 3.55. The van der Waals surface area contributed by atoms with Gasteiger partial charge in [-0.1, -0.05) is 0 Å². The number of rotatable bonds is 5. The van der Waals surface area contributed by atoms with Crippen LogP contribution in [-0.4, -0.2) is 83.4 Å². The Labute approximate surface area is 172 Å². The second kappa shape index (κ2) is 10.7. The van der Waals surface area contributed by atoms with E-state index in [9.17, 15) is 18.0 Å². The van der Waals surface area contributed by atoms with Crippen molar-refractivity contribution < 1.29 is 37.3 Å². The van der Waals surface area contributed by atoms with Crippen LogP contribution in [0.4, 0.5) is 13.2 Å². The van der Waals surface area contributed by atoms with Gasteiger partial charge in [0.1, 0.15) is 6.61 Å². The first-order chi connectivity index (χ1) is 14.1. The number of nitrogens with one attached hydrogen (secondary N) is 1. The van der Waals surface area contributed by atoms with Gasteiger partial charge in [-0.3, -0.25) is 14.4 Å². The van der Waals surface area contributed by atoms with Crippen LogP contribution in [0.5, 0.6) is 0 Å². The van der Waals surface area contributed by atoms with Gasteiger partial charge in [0.2, 0.25) is 5.91 Å². The maximum atomic E-state index is 11.9. The lowest BCUT2D eigenvalue weighted by Gasteiger charge is -2.46. The molecule has 3 heterocycles. The average molecular weight is 436 g/mol. The molecule has 0 unspecified atom stereocenters. The van der Waals surface area contributed by atoms with Gasteiger partial charge in [0.05, 0.1) is 18.3 Å². The zero-order valence-electron chi connectivity index (χ0n) is 16.9. The number of methoxy groups -OCH3 is 1. The molecule has 9 nitrogen and oxygen atoms in total. The SMILES string of the molecule is COCC(=O)N[C@@H]1CN(Cc2cnn(C)c2)C[C@@H]2CCCO[C@@H]21.O=C(O)C(F)(F)F. The number of alkyl halides is 3. The molecular weight excluding hydrogens is 409 g/mol. The van der Waals surface area contributed by atoms with E-state index < -0.39 is 12.1 Å². The number of hydrogen-bond acceptors (Lipinski definition) is 6. The van der Waals surface area contributed by atoms with E-state index in [2.05, 4.69) is 15.3 Å². The molecule has 0 spiro atoms. The molecule has 1 aromatic rings. The molecule has 170 valence electrons. The second-order valence-electron chi connectivity index (χ2n) is 7.36. The molecule has 2 saturated heterocycles. The summed E-state index contributed by atoms with van der Waals surface area (Å²) in [4.78, 5) is 23.2. The number of amides is 1. The van der Waals surface area contributed by atoms with Crippen LogP contribution in [0.2, 0.25) is 0 Å². The number of carbonyl (C=O) groups is 2. The Bertz CT molecular complexity index is 712. The molecule has 0 aromatic carbocycles. The fraction of sp³-hybridized carbons (Fsp3) is 0.722. The van der Waals surface area contributed by atoms with Gasteiger partial charge in [-0.05, 0) is 18.8 Å². The summed E-state index contributed by atoms with van der Waals surface area (Å²) in [6, 6.07) is 0.0216. The number of piperidine rings is 1. The van der Waals surface area contributed by atoms with E-state index in [1.807, 2.05) is 24.1 Å². The minimum Gasteiger partial charge on any atom is -0.475 e. The van der Waals surface area contributed by atoms with Crippen molar-refractivity contribution in [1.82, 2.24) is 20.0 Å². The number of nitrogens with zero attached hydrogens (tertiary/aromatic N) is 3. The number of hydrogen-bond donors (Lipinski definition) is 2. The number of fused-ring (bicyclic) bond motifs is 1. The van der Waals surface area contributed by atoms with E-state index in [0.717, 1.165) is 39.1 Å². The van der Waals surface area contributed by atoms with Crippen LogP contribution in [0.15, 0.2) is 12.4 Å². The number of aryl methyl sites for hydroxylation is 1. The van der Waals surface area contributed by atoms with Gasteiger partial charge in [0.25, 0.3) is 0 Å². The predicted molar refractivity (Wildman–Crippen MR) is 98.4 cm³/mol. The van der Waals surface area contributed by atoms with Gasteiger partial charge < -0.3 is 19.9 Å². The topological polar surface area (TPSA) is 106 Å². The first-order valence-corrected chi connectivity index (χ1v) is 9.50. The molecule has 2 aliphatic heterocycles. The molecular formula is C18H27F3N4O5. The summed E-state index contributed by atoms with van der Waals surface area (Å²) < 4.78 is 44.5. The summed E-state index contributed by atoms with van der Waals surface area (Å²) in [5, 5.41) is 14.4. The summed E-state index contributed by atoms with van der Waals surface area (Å²) in [5.41, 5.74) is 1.20. The quantitative estimate of drug-likeness (QED) is 0.703. The fourth-order valence-electron chi connectivity index (χ4n) is 3.74. The molecule has 1 amide bonds. The minimum atomic E-state index is -5.08. The number of carboxylic acid groups (broad SMARTS) is 1. The van der Waals surface area contributed by atoms with Crippen molar-refractivity contribution in [2.75, 3.05) is 33.4 Å². The lowest BCUT2D eigenvalue weighted by atomic mass is 9.85. The van der Waals surface area contributed by atoms with Crippen LogP contribution in [0.1, 0.15) is 18.4 Å². The highest BCUT2D eigenvalue weighted by Crippen LogP contribution is 2.29. The summed E-state index contributed by atoms with van der Waals surface area (Å²) >= 11 is 0. The molecule has 12 heteroatoms. The highest BCUT2D eigenvalue weighted by Gasteiger charge is 2.40. The molecule has 2 aliphatic rings. The Hall–Kier alpha value is -2.18. The first-order valence-electron chi connectivity index (χ1n) is 9.50. The molecule has 0 saturated carbocycles. The molecule has 0 bridgehead atoms. The van der Waals surface area contributed by atoms with Crippen LogP contribution in [-0.2, 0) is 32.7 Å². The molecule has 2 fully saturated rings. The van der Waals surface area contributed by atoms with Gasteiger partial charge in [-0.15, -0.1) is 0 Å². The zero-order valence-corrected chi connectivity index (χ0v) is 16.9. The highest BCUT2D eigenvalue weighted by atomic mass is 19.4. The van der Waals surface area contributed by atoms with Gasteiger partial charge in [-0.25, -0.2) is 4.79 Å². The van der Waals surface area contributed by atoms with Crippen molar-refractivity contribution >= 4 is 11.9 Å². The molecule has 2 N–H and O–H groups in total. The van der Waals surface area contributed by atoms with Gasteiger partial charge in [0.15, 0.2) is 0 Å². The Morgan fingerprint density at radius 1 is 1.40 bits per heavy atom. The maximum Gasteiger partial charge on any atom is 0.490 e. The molecule has 1 aromatic heterocycles. The van der Waals surface area contributed by atoms with Crippen molar-refractivity contribution in [2.24, 2.45) is 13.0 Å². The number of carboxylic acids is 1. The average Bonchev–Trinajstić information content (AvgIpc) is 3.06. The van der Waals surface area contributed by atoms with Gasteiger partial charge in [0, 0.05) is 52.2 Å². The van der Waals surface area contributed by atoms with Crippen LogP contribution in [0.25, 0.3) is 0 Å². The van der Waals surface area contributed by atoms with Crippen LogP contribution >= 0.6 is 0 Å². The monoisotopic (exact) mass is 436 g/mol. The summed E-state index contributed by atoms with van der Waals surface area (Å²) in [5.74, 6) is -2.36. The van der Waals surface area contributed by atoms with E-state index in [0.29, 0.717) is 5.92 Å². The van der Waals surface area contributed by atoms with Crippen LogP contribution in [0.3, 0.4) is 0 Å². The number of ether oxygens (including phenoxy) is 2. The van der Waals surface area contributed by atoms with E-state index in [4.69, 9.17) is 19.4 Å². The Balaban J connectivity index is 0.000000396. The first kappa shape index (κ1) is 24.1. The molecule has 30 heavy (non-hydrogen) atoms. The zero-order chi connectivity index (χ0) is 22.3. The maximum absolute atomic E-state index is 11.9. The number of halogens is 3. The van der Waals surface area contributed by atoms with Gasteiger partial charge >= 0.3 is 12.1 Å². The number of aliphatic carboxylic acids is 1. The molecule has 0 aliphatic carbocycles. The molecule has 0 radical (unpaired) electrons. The minimum absolute atomic E-state index is 0.0216. The van der Waals surface area contributed by atoms with Crippen LogP contribution in [0, 0.1) is 5.92 Å². The van der Waals surface area contributed by atoms with Gasteiger partial charge in [-0.2, -0.15) is 18.3 Å². The van der Waals surface area contributed by atoms with Crippen molar-refractivity contribution in [3.05, 3.63) is 18.0 Å². The van der Waals surface area contributed by atoms with E-state index in [1.54, 1.807) is 0 Å².